The van der Waals surface area contributed by atoms with Crippen molar-refractivity contribution in [3.63, 3.8) is 0 Å². The number of thioether (sulfide) groups is 1. The molecule has 1 N–H and O–H groups in total. The van der Waals surface area contributed by atoms with Crippen LogP contribution in [-0.2, 0) is 11.2 Å². The molecule has 1 aromatic rings. The van der Waals surface area contributed by atoms with E-state index in [0.717, 1.165) is 32.5 Å². The van der Waals surface area contributed by atoms with E-state index in [9.17, 15) is 5.11 Å². The Balaban J connectivity index is 1.48. The molecule has 22 heavy (non-hydrogen) atoms. The van der Waals surface area contributed by atoms with Crippen LogP contribution in [0.1, 0.15) is 36.5 Å². The quantitative estimate of drug-likeness (QED) is 0.904. The van der Waals surface area contributed by atoms with Crippen LogP contribution < -0.4 is 0 Å². The molecule has 2 aliphatic rings. The summed E-state index contributed by atoms with van der Waals surface area (Å²) in [5, 5.41) is 10.3. The first-order valence-electron chi connectivity index (χ1n) is 8.50. The van der Waals surface area contributed by atoms with Gasteiger partial charge in [0.25, 0.3) is 0 Å². The monoisotopic (exact) mass is 321 g/mol. The molecule has 0 spiro atoms. The molecule has 1 heterocycles. The molecule has 0 radical (unpaired) electrons. The van der Waals surface area contributed by atoms with Gasteiger partial charge in [-0.1, -0.05) is 24.3 Å². The highest BCUT2D eigenvalue weighted by molar-refractivity contribution is 7.99. The smallest absolute Gasteiger partial charge is 0.0900 e. The summed E-state index contributed by atoms with van der Waals surface area (Å²) in [6.07, 6.45) is 4.43. The van der Waals surface area contributed by atoms with E-state index in [1.807, 2.05) is 11.8 Å². The first-order valence-corrected chi connectivity index (χ1v) is 9.66. The maximum atomic E-state index is 10.3. The van der Waals surface area contributed by atoms with Crippen LogP contribution in [0.5, 0.6) is 0 Å². The summed E-state index contributed by atoms with van der Waals surface area (Å²) in [5.41, 5.74) is 2.74. The average molecular weight is 321 g/mol. The van der Waals surface area contributed by atoms with E-state index in [1.165, 1.54) is 35.5 Å². The number of ether oxygens (including phenoxy) is 1. The zero-order valence-corrected chi connectivity index (χ0v) is 14.1. The van der Waals surface area contributed by atoms with E-state index < -0.39 is 0 Å². The highest BCUT2D eigenvalue weighted by atomic mass is 32.2. The van der Waals surface area contributed by atoms with Crippen molar-refractivity contribution >= 4 is 11.8 Å². The Morgan fingerprint density at radius 3 is 3.09 bits per heavy atom. The Labute approximate surface area is 138 Å². The molecule has 3 rings (SSSR count). The lowest BCUT2D eigenvalue weighted by molar-refractivity contribution is -0.0274. The van der Waals surface area contributed by atoms with Gasteiger partial charge in [0.05, 0.1) is 18.8 Å². The first-order chi connectivity index (χ1) is 10.8. The number of hydrogen-bond acceptors (Lipinski definition) is 4. The normalized spacial score (nSPS) is 24.5. The Morgan fingerprint density at radius 1 is 1.23 bits per heavy atom. The minimum atomic E-state index is -0.378. The Bertz CT molecular complexity index is 460. The molecule has 2 unspecified atom stereocenters. The lowest BCUT2D eigenvalue weighted by Crippen LogP contribution is -2.36. The van der Waals surface area contributed by atoms with Crippen LogP contribution in [0.25, 0.3) is 0 Å². The predicted octanol–water partition coefficient (Wildman–Crippen LogP) is 2.88. The molecule has 3 nitrogen and oxygen atoms in total. The van der Waals surface area contributed by atoms with Gasteiger partial charge in [0.1, 0.15) is 0 Å². The van der Waals surface area contributed by atoms with E-state index >= 15 is 0 Å². The molecule has 122 valence electrons. The number of hydrogen-bond donors (Lipinski definition) is 1. The van der Waals surface area contributed by atoms with Crippen molar-refractivity contribution in [2.45, 2.75) is 37.9 Å². The highest BCUT2D eigenvalue weighted by Gasteiger charge is 2.22. The second kappa shape index (κ2) is 8.34. The van der Waals surface area contributed by atoms with Gasteiger partial charge in [0.15, 0.2) is 0 Å². The van der Waals surface area contributed by atoms with Gasteiger partial charge in [0.2, 0.25) is 0 Å². The van der Waals surface area contributed by atoms with Gasteiger partial charge < -0.3 is 9.84 Å². The predicted molar refractivity (Wildman–Crippen MR) is 92.5 cm³/mol. The average Bonchev–Trinajstić information content (AvgIpc) is 2.81. The molecule has 1 fully saturated rings. The highest BCUT2D eigenvalue weighted by Crippen LogP contribution is 2.32. The maximum Gasteiger partial charge on any atom is 0.0900 e. The lowest BCUT2D eigenvalue weighted by atomic mass is 9.89. The molecule has 0 amide bonds. The summed E-state index contributed by atoms with van der Waals surface area (Å²) in [6, 6.07) is 8.58. The molecule has 4 heteroatoms. The molecule has 0 bridgehead atoms. The van der Waals surface area contributed by atoms with Crippen LogP contribution in [0.3, 0.4) is 0 Å². The van der Waals surface area contributed by atoms with E-state index in [1.54, 1.807) is 0 Å². The van der Waals surface area contributed by atoms with Crippen LogP contribution in [0, 0.1) is 0 Å². The van der Waals surface area contributed by atoms with Gasteiger partial charge in [0, 0.05) is 18.8 Å². The van der Waals surface area contributed by atoms with Gasteiger partial charge in [-0.2, -0.15) is 11.8 Å². The molecule has 0 saturated carbocycles. The summed E-state index contributed by atoms with van der Waals surface area (Å²) in [5.74, 6) is 2.44. The van der Waals surface area contributed by atoms with E-state index in [-0.39, 0.29) is 12.2 Å². The zero-order chi connectivity index (χ0) is 15.2. The molecular formula is C18H27NO2S. The minimum absolute atomic E-state index is 0.166. The van der Waals surface area contributed by atoms with E-state index in [2.05, 4.69) is 29.2 Å². The Kier molecular flexibility index (Phi) is 6.19. The Hall–Kier alpha value is -0.550. The van der Waals surface area contributed by atoms with E-state index in [4.69, 9.17) is 4.74 Å². The summed E-state index contributed by atoms with van der Waals surface area (Å²) in [7, 11) is 0. The number of rotatable bonds is 5. The third-order valence-corrected chi connectivity index (χ3v) is 5.64. The zero-order valence-electron chi connectivity index (χ0n) is 13.2. The SMILES string of the molecule is OC(COC1CCCc2ccccc21)CN1CCCSCC1. The van der Waals surface area contributed by atoms with Gasteiger partial charge in [-0.15, -0.1) is 0 Å². The number of fused-ring (bicyclic) bond motifs is 1. The van der Waals surface area contributed by atoms with Crippen LogP contribution >= 0.6 is 11.8 Å². The largest absolute Gasteiger partial charge is 0.389 e. The van der Waals surface area contributed by atoms with Crippen LogP contribution in [0.15, 0.2) is 24.3 Å². The van der Waals surface area contributed by atoms with Crippen molar-refractivity contribution in [3.05, 3.63) is 35.4 Å². The molecule has 1 aliphatic carbocycles. The summed E-state index contributed by atoms with van der Waals surface area (Å²) >= 11 is 2.02. The third-order valence-electron chi connectivity index (χ3n) is 4.59. The Morgan fingerprint density at radius 2 is 2.14 bits per heavy atom. The maximum absolute atomic E-state index is 10.3. The second-order valence-electron chi connectivity index (χ2n) is 6.33. The van der Waals surface area contributed by atoms with Crippen molar-refractivity contribution in [3.8, 4) is 0 Å². The second-order valence-corrected chi connectivity index (χ2v) is 7.56. The summed E-state index contributed by atoms with van der Waals surface area (Å²) in [6.45, 7) is 3.39. The molecule has 1 aliphatic heterocycles. The lowest BCUT2D eigenvalue weighted by Gasteiger charge is -2.28. The van der Waals surface area contributed by atoms with Crippen molar-refractivity contribution in [2.24, 2.45) is 0 Å². The molecule has 0 aromatic heterocycles. The number of aliphatic hydroxyl groups excluding tert-OH is 1. The molecule has 1 saturated heterocycles. The van der Waals surface area contributed by atoms with Crippen LogP contribution in [0.2, 0.25) is 0 Å². The topological polar surface area (TPSA) is 32.7 Å². The summed E-state index contributed by atoms with van der Waals surface area (Å²) < 4.78 is 6.06. The minimum Gasteiger partial charge on any atom is -0.389 e. The van der Waals surface area contributed by atoms with Crippen LogP contribution in [0.4, 0.5) is 0 Å². The number of nitrogens with zero attached hydrogens (tertiary/aromatic N) is 1. The molecule has 1 aromatic carbocycles. The fraction of sp³-hybridized carbons (Fsp3) is 0.667. The first kappa shape index (κ1) is 16.3. The summed E-state index contributed by atoms with van der Waals surface area (Å²) in [4.78, 5) is 2.38. The van der Waals surface area contributed by atoms with Gasteiger partial charge in [-0.25, -0.2) is 0 Å². The van der Waals surface area contributed by atoms with Crippen molar-refractivity contribution in [2.75, 3.05) is 37.7 Å². The molecule has 2 atom stereocenters. The van der Waals surface area contributed by atoms with Crippen molar-refractivity contribution in [1.82, 2.24) is 4.90 Å². The van der Waals surface area contributed by atoms with Crippen molar-refractivity contribution in [1.29, 1.82) is 0 Å². The van der Waals surface area contributed by atoms with Gasteiger partial charge in [-0.05, 0) is 49.1 Å². The fourth-order valence-corrected chi connectivity index (χ4v) is 4.37. The number of benzene rings is 1. The van der Waals surface area contributed by atoms with Crippen molar-refractivity contribution < 1.29 is 9.84 Å². The third kappa shape index (κ3) is 4.48. The standard InChI is InChI=1S/C18H27NO2S/c20-16(13-19-9-4-11-22-12-10-19)14-21-18-8-3-6-15-5-1-2-7-17(15)18/h1-2,5,7,16,18,20H,3-4,6,8-14H2. The fourth-order valence-electron chi connectivity index (χ4n) is 3.44. The van der Waals surface area contributed by atoms with Crippen LogP contribution in [-0.4, -0.2) is 53.9 Å². The van der Waals surface area contributed by atoms with Gasteiger partial charge in [-0.3, -0.25) is 4.90 Å². The number of β-amino-alcohol motifs (C(OH)–C–C–N with tert-alkyl or cyclic N) is 1. The number of aliphatic hydroxyl groups is 1. The molecular weight excluding hydrogens is 294 g/mol. The number of aryl methyl sites for hydroxylation is 1. The van der Waals surface area contributed by atoms with E-state index in [0.29, 0.717) is 6.61 Å². The van der Waals surface area contributed by atoms with Gasteiger partial charge >= 0.3 is 0 Å².